The number of aromatic carboxylic acids is 1. The molecule has 1 heterocycles. The highest BCUT2D eigenvalue weighted by atomic mass is 35.5. The molecule has 0 aliphatic carbocycles. The Hall–Kier alpha value is -2.59. The first-order valence-corrected chi connectivity index (χ1v) is 7.02. The number of fused-ring (bicyclic) bond motifs is 1. The Morgan fingerprint density at radius 3 is 2.64 bits per heavy atom. The van der Waals surface area contributed by atoms with Gasteiger partial charge in [-0.25, -0.2) is 9.78 Å². The first kappa shape index (κ1) is 14.4. The van der Waals surface area contributed by atoms with Crippen LogP contribution in [0.5, 0.6) is 5.75 Å². The number of aromatic nitrogens is 1. The third kappa shape index (κ3) is 2.87. The monoisotopic (exact) mass is 313 g/mol. The fraction of sp³-hybridized carbons (Fsp3) is 0.0588. The summed E-state index contributed by atoms with van der Waals surface area (Å²) in [7, 11) is 0. The van der Waals surface area contributed by atoms with Gasteiger partial charge in [-0.05, 0) is 17.7 Å². The lowest BCUT2D eigenvalue weighted by Gasteiger charge is -2.10. The number of halogens is 1. The molecule has 0 amide bonds. The van der Waals surface area contributed by atoms with Crippen LogP contribution < -0.4 is 4.74 Å². The summed E-state index contributed by atoms with van der Waals surface area (Å²) < 4.78 is 5.78. The van der Waals surface area contributed by atoms with Crippen LogP contribution >= 0.6 is 11.6 Å². The number of carboxylic acids is 1. The summed E-state index contributed by atoms with van der Waals surface area (Å²) >= 11 is 5.94. The molecule has 0 radical (unpaired) electrons. The molecular formula is C17H12ClNO3. The van der Waals surface area contributed by atoms with Crippen molar-refractivity contribution in [3.05, 3.63) is 70.9 Å². The van der Waals surface area contributed by atoms with Gasteiger partial charge in [-0.3, -0.25) is 0 Å². The molecule has 2 aromatic carbocycles. The molecule has 110 valence electrons. The maximum atomic E-state index is 11.2. The van der Waals surface area contributed by atoms with E-state index in [1.54, 1.807) is 12.1 Å². The lowest BCUT2D eigenvalue weighted by Crippen LogP contribution is -2.03. The van der Waals surface area contributed by atoms with Gasteiger partial charge in [-0.2, -0.15) is 0 Å². The number of hydrogen-bond donors (Lipinski definition) is 1. The van der Waals surface area contributed by atoms with Crippen LogP contribution in [0.3, 0.4) is 0 Å². The summed E-state index contributed by atoms with van der Waals surface area (Å²) in [5, 5.41) is 9.98. The summed E-state index contributed by atoms with van der Waals surface area (Å²) in [6.45, 7) is 0.382. The van der Waals surface area contributed by atoms with E-state index in [1.807, 2.05) is 42.5 Å². The van der Waals surface area contributed by atoms with Crippen LogP contribution in [0.1, 0.15) is 16.1 Å². The summed E-state index contributed by atoms with van der Waals surface area (Å²) in [5.74, 6) is -0.634. The van der Waals surface area contributed by atoms with Crippen LogP contribution in [-0.2, 0) is 6.61 Å². The molecule has 0 spiro atoms. The van der Waals surface area contributed by atoms with E-state index in [4.69, 9.17) is 21.4 Å². The molecule has 22 heavy (non-hydrogen) atoms. The summed E-state index contributed by atoms with van der Waals surface area (Å²) in [5.41, 5.74) is 1.33. The summed E-state index contributed by atoms with van der Waals surface area (Å²) in [4.78, 5) is 15.3. The van der Waals surface area contributed by atoms with Crippen LogP contribution in [-0.4, -0.2) is 16.1 Å². The van der Waals surface area contributed by atoms with Gasteiger partial charge >= 0.3 is 5.97 Å². The molecule has 5 heteroatoms. The average Bonchev–Trinajstić information content (AvgIpc) is 2.52. The van der Waals surface area contributed by atoms with Crippen LogP contribution in [0, 0.1) is 0 Å². The molecule has 0 saturated heterocycles. The Balaban J connectivity index is 1.98. The third-order valence-corrected chi connectivity index (χ3v) is 3.49. The molecule has 0 aliphatic heterocycles. The van der Waals surface area contributed by atoms with Gasteiger partial charge in [0.25, 0.3) is 0 Å². The standard InChI is InChI=1S/C17H12ClNO3/c18-13-9-12-7-4-8-14(15(12)19-16(13)17(20)21)22-10-11-5-2-1-3-6-11/h1-9H,10H2,(H,20,21). The van der Waals surface area contributed by atoms with Gasteiger partial charge in [-0.1, -0.05) is 54.1 Å². The van der Waals surface area contributed by atoms with E-state index in [0.29, 0.717) is 17.9 Å². The van der Waals surface area contributed by atoms with E-state index in [9.17, 15) is 4.79 Å². The molecule has 0 aliphatic rings. The average molecular weight is 314 g/mol. The SMILES string of the molecule is O=C(O)c1nc2c(OCc3ccccc3)cccc2cc1Cl. The highest BCUT2D eigenvalue weighted by Crippen LogP contribution is 2.28. The van der Waals surface area contributed by atoms with Gasteiger partial charge in [0.05, 0.1) is 5.02 Å². The van der Waals surface area contributed by atoms with Gasteiger partial charge in [0.2, 0.25) is 0 Å². The number of nitrogens with zero attached hydrogens (tertiary/aromatic N) is 1. The molecule has 0 bridgehead atoms. The van der Waals surface area contributed by atoms with E-state index in [2.05, 4.69) is 4.98 Å². The summed E-state index contributed by atoms with van der Waals surface area (Å²) in [6.07, 6.45) is 0. The molecule has 0 fully saturated rings. The predicted molar refractivity (Wildman–Crippen MR) is 84.5 cm³/mol. The van der Waals surface area contributed by atoms with E-state index < -0.39 is 5.97 Å². The minimum Gasteiger partial charge on any atom is -0.487 e. The molecule has 0 unspecified atom stereocenters. The van der Waals surface area contributed by atoms with Crippen LogP contribution in [0.25, 0.3) is 10.9 Å². The van der Waals surface area contributed by atoms with Gasteiger partial charge in [0.1, 0.15) is 17.9 Å². The lowest BCUT2D eigenvalue weighted by atomic mass is 10.2. The van der Waals surface area contributed by atoms with Crippen molar-refractivity contribution >= 4 is 28.5 Å². The minimum atomic E-state index is -1.16. The number of rotatable bonds is 4. The van der Waals surface area contributed by atoms with Gasteiger partial charge in [-0.15, -0.1) is 0 Å². The lowest BCUT2D eigenvalue weighted by molar-refractivity contribution is 0.0691. The number of carboxylic acid groups (broad SMARTS) is 1. The van der Waals surface area contributed by atoms with Crippen molar-refractivity contribution in [1.82, 2.24) is 4.98 Å². The third-order valence-electron chi connectivity index (χ3n) is 3.20. The van der Waals surface area contributed by atoms with Crippen molar-refractivity contribution in [3.63, 3.8) is 0 Å². The number of hydrogen-bond acceptors (Lipinski definition) is 3. The smallest absolute Gasteiger partial charge is 0.356 e. The molecule has 4 nitrogen and oxygen atoms in total. The summed E-state index contributed by atoms with van der Waals surface area (Å²) in [6, 6.07) is 16.7. The Kier molecular flexibility index (Phi) is 3.94. The molecule has 3 rings (SSSR count). The first-order valence-electron chi connectivity index (χ1n) is 6.64. The topological polar surface area (TPSA) is 59.4 Å². The number of ether oxygens (including phenoxy) is 1. The normalized spacial score (nSPS) is 10.6. The molecule has 3 aromatic rings. The van der Waals surface area contributed by atoms with Crippen LogP contribution in [0.4, 0.5) is 0 Å². The highest BCUT2D eigenvalue weighted by molar-refractivity contribution is 6.33. The van der Waals surface area contributed by atoms with Crippen LogP contribution in [0.15, 0.2) is 54.6 Å². The van der Waals surface area contributed by atoms with Crippen molar-refractivity contribution in [3.8, 4) is 5.75 Å². The molecule has 0 atom stereocenters. The highest BCUT2D eigenvalue weighted by Gasteiger charge is 2.14. The number of pyridine rings is 1. The Bertz CT molecular complexity index is 834. The van der Waals surface area contributed by atoms with E-state index in [-0.39, 0.29) is 10.7 Å². The number of benzene rings is 2. The molecule has 1 aromatic heterocycles. The van der Waals surface area contributed by atoms with Crippen molar-refractivity contribution in [2.45, 2.75) is 6.61 Å². The molecular weight excluding hydrogens is 302 g/mol. The maximum Gasteiger partial charge on any atom is 0.356 e. The first-order chi connectivity index (χ1) is 10.6. The zero-order valence-corrected chi connectivity index (χ0v) is 12.2. The minimum absolute atomic E-state index is 0.111. The second-order valence-corrected chi connectivity index (χ2v) is 5.13. The van der Waals surface area contributed by atoms with E-state index in [1.165, 1.54) is 0 Å². The van der Waals surface area contributed by atoms with Gasteiger partial charge in [0, 0.05) is 5.39 Å². The Morgan fingerprint density at radius 1 is 1.14 bits per heavy atom. The molecule has 1 N–H and O–H groups in total. The quantitative estimate of drug-likeness (QED) is 0.785. The zero-order valence-electron chi connectivity index (χ0n) is 11.5. The van der Waals surface area contributed by atoms with Crippen molar-refractivity contribution in [2.75, 3.05) is 0 Å². The second-order valence-electron chi connectivity index (χ2n) is 4.73. The zero-order chi connectivity index (χ0) is 15.5. The second kappa shape index (κ2) is 6.03. The largest absolute Gasteiger partial charge is 0.487 e. The van der Waals surface area contributed by atoms with Crippen molar-refractivity contribution < 1.29 is 14.6 Å². The maximum absolute atomic E-state index is 11.2. The number of carbonyl (C=O) groups is 1. The van der Waals surface area contributed by atoms with Gasteiger partial charge < -0.3 is 9.84 Å². The fourth-order valence-corrected chi connectivity index (χ4v) is 2.39. The fourth-order valence-electron chi connectivity index (χ4n) is 2.15. The predicted octanol–water partition coefficient (Wildman–Crippen LogP) is 4.17. The van der Waals surface area contributed by atoms with E-state index in [0.717, 1.165) is 10.9 Å². The van der Waals surface area contributed by atoms with Crippen LogP contribution in [0.2, 0.25) is 5.02 Å². The van der Waals surface area contributed by atoms with Gasteiger partial charge in [0.15, 0.2) is 5.69 Å². The van der Waals surface area contributed by atoms with E-state index >= 15 is 0 Å². The van der Waals surface area contributed by atoms with Crippen molar-refractivity contribution in [2.24, 2.45) is 0 Å². The van der Waals surface area contributed by atoms with Crippen molar-refractivity contribution in [1.29, 1.82) is 0 Å². The Morgan fingerprint density at radius 2 is 1.91 bits per heavy atom. The Labute approximate surface area is 131 Å². The number of para-hydroxylation sites is 1. The molecule has 0 saturated carbocycles.